The molecule has 1 aliphatic heterocycles. The van der Waals surface area contributed by atoms with Gasteiger partial charge in [0.05, 0.1) is 19.8 Å². The molecule has 128 valence electrons. The smallest absolute Gasteiger partial charge is 0.275 e. The van der Waals surface area contributed by atoms with Crippen LogP contribution in [-0.2, 0) is 24.3 Å². The minimum Gasteiger partial charge on any atom is -0.376 e. The highest BCUT2D eigenvalue weighted by Gasteiger charge is 2.28. The van der Waals surface area contributed by atoms with Gasteiger partial charge in [-0.15, -0.1) is 0 Å². The fraction of sp³-hybridized carbons (Fsp3) is 0.625. The largest absolute Gasteiger partial charge is 0.376 e. The number of H-pyrrole nitrogens is 1. The Balaban J connectivity index is 1.49. The molecule has 2 aromatic rings. The molecule has 2 aromatic heterocycles. The summed E-state index contributed by atoms with van der Waals surface area (Å²) in [6.45, 7) is 3.90. The first-order valence-corrected chi connectivity index (χ1v) is 8.52. The predicted octanol–water partition coefficient (Wildman–Crippen LogP) is 1.80. The van der Waals surface area contributed by atoms with Crippen LogP contribution in [0.2, 0.25) is 0 Å². The highest BCUT2D eigenvalue weighted by molar-refractivity contribution is 5.94. The van der Waals surface area contributed by atoms with Crippen LogP contribution in [0.3, 0.4) is 0 Å². The molecule has 0 saturated heterocycles. The first kappa shape index (κ1) is 15.3. The maximum Gasteiger partial charge on any atom is 0.275 e. The zero-order valence-corrected chi connectivity index (χ0v) is 13.7. The molecule has 1 fully saturated rings. The zero-order chi connectivity index (χ0) is 16.5. The molecule has 1 N–H and O–H groups in total. The van der Waals surface area contributed by atoms with Crippen molar-refractivity contribution < 1.29 is 14.1 Å². The second-order valence-electron chi connectivity index (χ2n) is 6.33. The molecule has 24 heavy (non-hydrogen) atoms. The molecule has 8 heteroatoms. The van der Waals surface area contributed by atoms with Crippen LogP contribution in [0.25, 0.3) is 0 Å². The van der Waals surface area contributed by atoms with Crippen molar-refractivity contribution >= 4 is 5.91 Å². The number of hydrogen-bond acceptors (Lipinski definition) is 6. The molecule has 1 saturated carbocycles. The molecule has 0 atom stereocenters. The molecule has 4 rings (SSSR count). The summed E-state index contributed by atoms with van der Waals surface area (Å²) in [5, 5.41) is 11.2. The lowest BCUT2D eigenvalue weighted by atomic mass is 9.85. The minimum absolute atomic E-state index is 0.129. The van der Waals surface area contributed by atoms with E-state index in [-0.39, 0.29) is 5.91 Å². The number of hydrogen-bond donors (Lipinski definition) is 1. The lowest BCUT2D eigenvalue weighted by molar-refractivity contribution is 0.0728. The molecular formula is C16H21N5O3. The number of amides is 1. The lowest BCUT2D eigenvalue weighted by Gasteiger charge is -2.21. The molecule has 1 amide bonds. The molecular weight excluding hydrogens is 310 g/mol. The standard InChI is InChI=1S/C16H21N5O3/c1-2-21(8-13-17-15(24-20-13)10-4-3-5-10)16(22)14-11-9-23-7-6-12(11)18-19-14/h10H,2-9H2,1H3,(H,18,19). The Labute approximate surface area is 139 Å². The van der Waals surface area contributed by atoms with Gasteiger partial charge in [0.25, 0.3) is 5.91 Å². The van der Waals surface area contributed by atoms with Crippen LogP contribution < -0.4 is 0 Å². The maximum atomic E-state index is 12.8. The van der Waals surface area contributed by atoms with Crippen molar-refractivity contribution in [3.05, 3.63) is 28.7 Å². The summed E-state index contributed by atoms with van der Waals surface area (Å²) in [6.07, 6.45) is 4.19. The third kappa shape index (κ3) is 2.71. The summed E-state index contributed by atoms with van der Waals surface area (Å²) < 4.78 is 10.8. The van der Waals surface area contributed by atoms with E-state index in [9.17, 15) is 4.79 Å². The summed E-state index contributed by atoms with van der Waals surface area (Å²) in [7, 11) is 0. The van der Waals surface area contributed by atoms with Crippen LogP contribution in [0.1, 0.15) is 65.6 Å². The fourth-order valence-electron chi connectivity index (χ4n) is 3.09. The number of aromatic nitrogens is 4. The summed E-state index contributed by atoms with van der Waals surface area (Å²) in [4.78, 5) is 19.0. The molecule has 3 heterocycles. The Morgan fingerprint density at radius 2 is 2.29 bits per heavy atom. The van der Waals surface area contributed by atoms with E-state index in [1.54, 1.807) is 4.90 Å². The molecule has 0 bridgehead atoms. The van der Waals surface area contributed by atoms with E-state index in [1.165, 1.54) is 6.42 Å². The van der Waals surface area contributed by atoms with E-state index >= 15 is 0 Å². The molecule has 1 aliphatic carbocycles. The maximum absolute atomic E-state index is 12.8. The van der Waals surface area contributed by atoms with Gasteiger partial charge in [0, 0.05) is 30.1 Å². The van der Waals surface area contributed by atoms with Crippen LogP contribution in [0.15, 0.2) is 4.52 Å². The van der Waals surface area contributed by atoms with Crippen molar-refractivity contribution in [2.24, 2.45) is 0 Å². The van der Waals surface area contributed by atoms with Crippen LogP contribution in [-0.4, -0.2) is 44.3 Å². The molecule has 0 spiro atoms. The van der Waals surface area contributed by atoms with E-state index in [0.29, 0.717) is 49.6 Å². The van der Waals surface area contributed by atoms with E-state index in [1.807, 2.05) is 6.92 Å². The quantitative estimate of drug-likeness (QED) is 0.897. The predicted molar refractivity (Wildman–Crippen MR) is 83.3 cm³/mol. The van der Waals surface area contributed by atoms with Gasteiger partial charge in [0.1, 0.15) is 0 Å². The van der Waals surface area contributed by atoms with Crippen LogP contribution in [0.5, 0.6) is 0 Å². The highest BCUT2D eigenvalue weighted by Crippen LogP contribution is 2.35. The van der Waals surface area contributed by atoms with Gasteiger partial charge in [-0.05, 0) is 19.8 Å². The Hall–Kier alpha value is -2.22. The van der Waals surface area contributed by atoms with Crippen molar-refractivity contribution in [2.45, 2.75) is 51.7 Å². The Kier molecular flexibility index (Phi) is 4.05. The van der Waals surface area contributed by atoms with Crippen LogP contribution in [0, 0.1) is 0 Å². The molecule has 8 nitrogen and oxygen atoms in total. The van der Waals surface area contributed by atoms with Crippen molar-refractivity contribution in [2.75, 3.05) is 13.2 Å². The molecule has 2 aliphatic rings. The summed E-state index contributed by atoms with van der Waals surface area (Å²) in [6, 6.07) is 0. The monoisotopic (exact) mass is 331 g/mol. The average molecular weight is 331 g/mol. The van der Waals surface area contributed by atoms with Crippen molar-refractivity contribution in [1.29, 1.82) is 0 Å². The van der Waals surface area contributed by atoms with Gasteiger partial charge in [0.15, 0.2) is 11.5 Å². The van der Waals surface area contributed by atoms with Crippen molar-refractivity contribution in [3.8, 4) is 0 Å². The van der Waals surface area contributed by atoms with Gasteiger partial charge in [0.2, 0.25) is 5.89 Å². The van der Waals surface area contributed by atoms with Gasteiger partial charge in [-0.25, -0.2) is 0 Å². The number of aromatic amines is 1. The second kappa shape index (κ2) is 6.35. The molecule has 0 unspecified atom stereocenters. The van der Waals surface area contributed by atoms with Crippen molar-refractivity contribution in [3.63, 3.8) is 0 Å². The van der Waals surface area contributed by atoms with Gasteiger partial charge in [-0.2, -0.15) is 10.1 Å². The van der Waals surface area contributed by atoms with E-state index < -0.39 is 0 Å². The third-order valence-electron chi connectivity index (χ3n) is 4.84. The van der Waals surface area contributed by atoms with E-state index in [0.717, 1.165) is 30.5 Å². The Bertz CT molecular complexity index is 734. The van der Waals surface area contributed by atoms with Gasteiger partial charge < -0.3 is 14.2 Å². The first-order valence-electron chi connectivity index (χ1n) is 8.52. The Morgan fingerprint density at radius 3 is 3.04 bits per heavy atom. The fourth-order valence-corrected chi connectivity index (χ4v) is 3.09. The molecule has 0 radical (unpaired) electrons. The van der Waals surface area contributed by atoms with Crippen LogP contribution in [0.4, 0.5) is 0 Å². The number of ether oxygens (including phenoxy) is 1. The third-order valence-corrected chi connectivity index (χ3v) is 4.84. The molecule has 0 aromatic carbocycles. The second-order valence-corrected chi connectivity index (χ2v) is 6.33. The Morgan fingerprint density at radius 1 is 1.42 bits per heavy atom. The number of nitrogens with zero attached hydrogens (tertiary/aromatic N) is 4. The number of carbonyl (C=O) groups is 1. The van der Waals surface area contributed by atoms with Gasteiger partial charge in [-0.3, -0.25) is 9.89 Å². The van der Waals surface area contributed by atoms with E-state index in [2.05, 4.69) is 20.3 Å². The van der Waals surface area contributed by atoms with E-state index in [4.69, 9.17) is 9.26 Å². The number of nitrogens with one attached hydrogen (secondary N) is 1. The highest BCUT2D eigenvalue weighted by atomic mass is 16.5. The summed E-state index contributed by atoms with van der Waals surface area (Å²) in [5.41, 5.74) is 2.30. The SMILES string of the molecule is CCN(Cc1noc(C2CCC2)n1)C(=O)c1n[nH]c2c1COCC2. The first-order chi connectivity index (χ1) is 11.8. The number of rotatable bonds is 5. The van der Waals surface area contributed by atoms with Crippen molar-refractivity contribution in [1.82, 2.24) is 25.2 Å². The summed E-state index contributed by atoms with van der Waals surface area (Å²) >= 11 is 0. The minimum atomic E-state index is -0.129. The van der Waals surface area contributed by atoms with Gasteiger partial charge in [-0.1, -0.05) is 11.6 Å². The normalized spacial score (nSPS) is 17.4. The lowest BCUT2D eigenvalue weighted by Crippen LogP contribution is -2.32. The topological polar surface area (TPSA) is 97.1 Å². The summed E-state index contributed by atoms with van der Waals surface area (Å²) in [5.74, 6) is 1.51. The number of carbonyl (C=O) groups excluding carboxylic acids is 1. The average Bonchev–Trinajstić information content (AvgIpc) is 3.17. The zero-order valence-electron chi connectivity index (χ0n) is 13.7. The van der Waals surface area contributed by atoms with Crippen LogP contribution >= 0.6 is 0 Å². The number of fused-ring (bicyclic) bond motifs is 1. The van der Waals surface area contributed by atoms with Gasteiger partial charge >= 0.3 is 0 Å².